The number of nitrogens with one attached hydrogen (secondary N) is 1. The Bertz CT molecular complexity index is 588. The zero-order chi connectivity index (χ0) is 13.8. The normalized spacial score (nSPS) is 12.6. The zero-order valence-corrected chi connectivity index (χ0v) is 12.3. The lowest BCUT2D eigenvalue weighted by Crippen LogP contribution is -2.24. The summed E-state index contributed by atoms with van der Waals surface area (Å²) >= 11 is 5.25. The van der Waals surface area contributed by atoms with Gasteiger partial charge in [0.1, 0.15) is 5.75 Å². The second-order valence-corrected chi connectivity index (χ2v) is 5.06. The molecule has 0 saturated carbocycles. The minimum atomic E-state index is 0.248. The summed E-state index contributed by atoms with van der Waals surface area (Å²) in [6.45, 7) is 0.808. The van der Waals surface area contributed by atoms with E-state index in [4.69, 9.17) is 17.0 Å². The first-order chi connectivity index (χ1) is 9.11. The molecule has 19 heavy (non-hydrogen) atoms. The van der Waals surface area contributed by atoms with Crippen molar-refractivity contribution in [3.05, 3.63) is 47.0 Å². The molecule has 102 valence electrons. The lowest BCUT2D eigenvalue weighted by molar-refractivity contribution is 0.267. The zero-order valence-electron chi connectivity index (χ0n) is 11.5. The summed E-state index contributed by atoms with van der Waals surface area (Å²) in [5.74, 6) is 0.877. The maximum Gasteiger partial charge on any atom is 0.177 e. The van der Waals surface area contributed by atoms with Crippen molar-refractivity contribution in [1.29, 1.82) is 0 Å². The predicted molar refractivity (Wildman–Crippen MR) is 79.0 cm³/mol. The summed E-state index contributed by atoms with van der Waals surface area (Å²) in [7, 11) is 5.83. The first-order valence-electron chi connectivity index (χ1n) is 6.16. The van der Waals surface area contributed by atoms with E-state index in [1.807, 2.05) is 29.1 Å². The van der Waals surface area contributed by atoms with Gasteiger partial charge in [-0.25, -0.2) is 0 Å². The SMILES string of the molecule is COc1cccc(C(Cn2cc[nH]c2=S)N(C)C)c1. The highest BCUT2D eigenvalue weighted by Gasteiger charge is 2.15. The molecule has 1 N–H and O–H groups in total. The van der Waals surface area contributed by atoms with Crippen LogP contribution in [0.1, 0.15) is 11.6 Å². The van der Waals surface area contributed by atoms with Gasteiger partial charge in [-0.2, -0.15) is 0 Å². The highest BCUT2D eigenvalue weighted by atomic mass is 32.1. The largest absolute Gasteiger partial charge is 0.497 e. The van der Waals surface area contributed by atoms with Gasteiger partial charge in [0, 0.05) is 18.9 Å². The van der Waals surface area contributed by atoms with Crippen molar-refractivity contribution in [3.63, 3.8) is 0 Å². The van der Waals surface area contributed by atoms with E-state index >= 15 is 0 Å². The van der Waals surface area contributed by atoms with Crippen molar-refractivity contribution in [3.8, 4) is 5.75 Å². The van der Waals surface area contributed by atoms with Crippen LogP contribution in [0.25, 0.3) is 0 Å². The third-order valence-corrected chi connectivity index (χ3v) is 3.55. The van der Waals surface area contributed by atoms with Crippen LogP contribution in [0.2, 0.25) is 0 Å². The molecule has 0 saturated heterocycles. The topological polar surface area (TPSA) is 33.2 Å². The van der Waals surface area contributed by atoms with Crippen LogP contribution in [0, 0.1) is 4.77 Å². The number of H-pyrrole nitrogens is 1. The van der Waals surface area contributed by atoms with Gasteiger partial charge >= 0.3 is 0 Å². The quantitative estimate of drug-likeness (QED) is 0.853. The molecule has 1 aromatic heterocycles. The number of methoxy groups -OCH3 is 1. The van der Waals surface area contributed by atoms with Crippen LogP contribution in [0.15, 0.2) is 36.7 Å². The van der Waals surface area contributed by atoms with Gasteiger partial charge in [-0.1, -0.05) is 12.1 Å². The fourth-order valence-electron chi connectivity index (χ4n) is 2.09. The highest BCUT2D eigenvalue weighted by molar-refractivity contribution is 7.71. The second-order valence-electron chi connectivity index (χ2n) is 4.67. The molecule has 1 atom stereocenters. The van der Waals surface area contributed by atoms with E-state index in [2.05, 4.69) is 36.1 Å². The molecule has 2 aromatic rings. The molecule has 4 nitrogen and oxygen atoms in total. The van der Waals surface area contributed by atoms with Gasteiger partial charge in [-0.15, -0.1) is 0 Å². The number of benzene rings is 1. The van der Waals surface area contributed by atoms with E-state index < -0.39 is 0 Å². The Morgan fingerprint density at radius 1 is 1.42 bits per heavy atom. The number of hydrogen-bond donors (Lipinski definition) is 1. The van der Waals surface area contributed by atoms with Crippen molar-refractivity contribution < 1.29 is 4.74 Å². The molecule has 0 fully saturated rings. The van der Waals surface area contributed by atoms with E-state index in [1.54, 1.807) is 7.11 Å². The molecule has 0 aliphatic carbocycles. The standard InChI is InChI=1S/C14H19N3OS/c1-16(2)13(10-17-8-7-15-14(17)19)11-5-4-6-12(9-11)18-3/h4-9,13H,10H2,1-3H3,(H,15,19). The summed E-state index contributed by atoms with van der Waals surface area (Å²) in [4.78, 5) is 5.21. The third kappa shape index (κ3) is 3.24. The van der Waals surface area contributed by atoms with Crippen LogP contribution in [0.3, 0.4) is 0 Å². The second kappa shape index (κ2) is 6.04. The highest BCUT2D eigenvalue weighted by Crippen LogP contribution is 2.24. The van der Waals surface area contributed by atoms with Gasteiger partial charge in [0.15, 0.2) is 4.77 Å². The van der Waals surface area contributed by atoms with Gasteiger partial charge in [-0.05, 0) is 44.0 Å². The summed E-state index contributed by atoms with van der Waals surface area (Å²) in [6, 6.07) is 8.40. The van der Waals surface area contributed by atoms with Gasteiger partial charge in [-0.3, -0.25) is 0 Å². The smallest absolute Gasteiger partial charge is 0.177 e. The minimum absolute atomic E-state index is 0.248. The van der Waals surface area contributed by atoms with Crippen molar-refractivity contribution in [2.75, 3.05) is 21.2 Å². The molecule has 0 amide bonds. The number of rotatable bonds is 5. The number of nitrogens with zero attached hydrogens (tertiary/aromatic N) is 2. The number of aromatic nitrogens is 2. The first-order valence-corrected chi connectivity index (χ1v) is 6.57. The van der Waals surface area contributed by atoms with Crippen LogP contribution in [0.5, 0.6) is 5.75 Å². The van der Waals surface area contributed by atoms with Gasteiger partial charge < -0.3 is 19.2 Å². The van der Waals surface area contributed by atoms with Gasteiger partial charge in [0.05, 0.1) is 13.2 Å². The molecule has 0 radical (unpaired) electrons. The van der Waals surface area contributed by atoms with Crippen molar-refractivity contribution in [2.24, 2.45) is 0 Å². The van der Waals surface area contributed by atoms with E-state index in [9.17, 15) is 0 Å². The average molecular weight is 277 g/mol. The Hall–Kier alpha value is -1.59. The van der Waals surface area contributed by atoms with Gasteiger partial charge in [0.2, 0.25) is 0 Å². The lowest BCUT2D eigenvalue weighted by atomic mass is 10.1. The lowest BCUT2D eigenvalue weighted by Gasteiger charge is -2.25. The van der Waals surface area contributed by atoms with Gasteiger partial charge in [0.25, 0.3) is 0 Å². The molecule has 1 heterocycles. The maximum atomic E-state index is 5.29. The molecular formula is C14H19N3OS. The molecule has 5 heteroatoms. The number of ether oxygens (including phenoxy) is 1. The predicted octanol–water partition coefficient (Wildman–Crippen LogP) is 2.86. The molecule has 1 unspecified atom stereocenters. The van der Waals surface area contributed by atoms with Crippen LogP contribution in [0.4, 0.5) is 0 Å². The fourth-order valence-corrected chi connectivity index (χ4v) is 2.30. The molecule has 2 rings (SSSR count). The van der Waals surface area contributed by atoms with Crippen LogP contribution in [-0.2, 0) is 6.54 Å². The molecule has 0 aliphatic heterocycles. The van der Waals surface area contributed by atoms with Crippen molar-refractivity contribution >= 4 is 12.2 Å². The van der Waals surface area contributed by atoms with Crippen LogP contribution >= 0.6 is 12.2 Å². The van der Waals surface area contributed by atoms with E-state index in [0.717, 1.165) is 17.1 Å². The van der Waals surface area contributed by atoms with E-state index in [-0.39, 0.29) is 6.04 Å². The van der Waals surface area contributed by atoms with E-state index in [0.29, 0.717) is 0 Å². The van der Waals surface area contributed by atoms with Crippen molar-refractivity contribution in [2.45, 2.75) is 12.6 Å². The summed E-state index contributed by atoms with van der Waals surface area (Å²) in [5, 5.41) is 0. The maximum absolute atomic E-state index is 5.29. The van der Waals surface area contributed by atoms with E-state index in [1.165, 1.54) is 5.56 Å². The fraction of sp³-hybridized carbons (Fsp3) is 0.357. The number of hydrogen-bond acceptors (Lipinski definition) is 3. The molecule has 0 bridgehead atoms. The van der Waals surface area contributed by atoms with Crippen molar-refractivity contribution in [1.82, 2.24) is 14.5 Å². The monoisotopic (exact) mass is 277 g/mol. The average Bonchev–Trinajstić information content (AvgIpc) is 2.81. The molecular weight excluding hydrogens is 258 g/mol. The Kier molecular flexibility index (Phi) is 4.39. The number of imidazole rings is 1. The number of likely N-dealkylation sites (N-methyl/N-ethyl adjacent to an activating group) is 1. The van der Waals surface area contributed by atoms with Crippen LogP contribution in [-0.4, -0.2) is 35.7 Å². The summed E-state index contributed by atoms with van der Waals surface area (Å²) in [6.07, 6.45) is 3.83. The van der Waals surface area contributed by atoms with Crippen LogP contribution < -0.4 is 4.74 Å². The minimum Gasteiger partial charge on any atom is -0.497 e. The Labute approximate surface area is 118 Å². The first kappa shape index (κ1) is 13.8. The Morgan fingerprint density at radius 3 is 2.79 bits per heavy atom. The molecule has 1 aromatic carbocycles. The Balaban J connectivity index is 2.29. The molecule has 0 spiro atoms. The molecule has 0 aliphatic rings. The summed E-state index contributed by atoms with van der Waals surface area (Å²) < 4.78 is 8.08. The summed E-state index contributed by atoms with van der Waals surface area (Å²) in [5.41, 5.74) is 1.22. The third-order valence-electron chi connectivity index (χ3n) is 3.19. The number of aromatic amines is 1. The Morgan fingerprint density at radius 2 is 2.21 bits per heavy atom.